The number of carbonyl (C=O) groups is 2. The summed E-state index contributed by atoms with van der Waals surface area (Å²) in [7, 11) is 0. The number of esters is 1. The number of ether oxygens (including phenoxy) is 2. The van der Waals surface area contributed by atoms with Crippen molar-refractivity contribution in [3.63, 3.8) is 0 Å². The molecule has 0 bridgehead atoms. The second-order valence-electron chi connectivity index (χ2n) is 8.15. The fraction of sp³-hybridized carbons (Fsp3) is 0.259. The summed E-state index contributed by atoms with van der Waals surface area (Å²) in [5, 5.41) is 6.83. The number of hydrogen-bond donors (Lipinski definition) is 2. The van der Waals surface area contributed by atoms with E-state index in [9.17, 15) is 9.59 Å². The molecular formula is C27H29N5O4S. The number of benzene rings is 2. The Hall–Kier alpha value is -3.89. The van der Waals surface area contributed by atoms with Crippen molar-refractivity contribution in [3.05, 3.63) is 72.4 Å². The number of aromatic nitrogens is 2. The van der Waals surface area contributed by atoms with Crippen LogP contribution in [0.15, 0.2) is 76.8 Å². The van der Waals surface area contributed by atoms with Crippen molar-refractivity contribution < 1.29 is 19.1 Å². The second kappa shape index (κ2) is 12.9. The second-order valence-corrected chi connectivity index (χ2v) is 9.22. The van der Waals surface area contributed by atoms with E-state index < -0.39 is 11.9 Å². The third-order valence-electron chi connectivity index (χ3n) is 5.42. The first-order valence-corrected chi connectivity index (χ1v) is 12.8. The van der Waals surface area contributed by atoms with E-state index in [2.05, 4.69) is 32.7 Å². The molecule has 1 amide bonds. The largest absolute Gasteiger partial charge is 0.463 e. The van der Waals surface area contributed by atoms with Gasteiger partial charge in [0.15, 0.2) is 0 Å². The molecule has 1 aliphatic heterocycles. The number of morpholine rings is 1. The van der Waals surface area contributed by atoms with Crippen molar-refractivity contribution in [2.75, 3.05) is 48.4 Å². The number of nitrogens with zero attached hydrogens (tertiary/aromatic N) is 3. The Morgan fingerprint density at radius 1 is 1.05 bits per heavy atom. The molecule has 10 heteroatoms. The third kappa shape index (κ3) is 7.80. The van der Waals surface area contributed by atoms with E-state index in [1.165, 1.54) is 17.4 Å². The minimum absolute atomic E-state index is 0.260. The molecule has 1 fully saturated rings. The van der Waals surface area contributed by atoms with Crippen LogP contribution in [0.1, 0.15) is 12.5 Å². The number of hydrogen-bond acceptors (Lipinski definition) is 9. The van der Waals surface area contributed by atoms with E-state index >= 15 is 0 Å². The van der Waals surface area contributed by atoms with Crippen molar-refractivity contribution in [2.24, 2.45) is 0 Å². The van der Waals surface area contributed by atoms with Gasteiger partial charge in [-0.2, -0.15) is 0 Å². The first-order chi connectivity index (χ1) is 18.0. The molecule has 0 radical (unpaired) electrons. The first kappa shape index (κ1) is 26.2. The van der Waals surface area contributed by atoms with Crippen LogP contribution in [0.5, 0.6) is 0 Å². The highest BCUT2D eigenvalue weighted by atomic mass is 32.2. The molecule has 2 N–H and O–H groups in total. The maximum atomic E-state index is 12.0. The number of aryl methyl sites for hydroxylation is 1. The Bertz CT molecular complexity index is 1240. The van der Waals surface area contributed by atoms with Crippen LogP contribution in [-0.4, -0.2) is 54.8 Å². The Balaban J connectivity index is 1.35. The van der Waals surface area contributed by atoms with E-state index in [-0.39, 0.29) is 6.61 Å². The number of anilines is 4. The molecule has 4 rings (SSSR count). The first-order valence-electron chi connectivity index (χ1n) is 12.0. The van der Waals surface area contributed by atoms with Gasteiger partial charge in [0.05, 0.1) is 19.8 Å². The third-order valence-corrected chi connectivity index (χ3v) is 6.53. The number of nitrogens with one attached hydrogen (secondary N) is 2. The van der Waals surface area contributed by atoms with Crippen molar-refractivity contribution >= 4 is 46.6 Å². The van der Waals surface area contributed by atoms with Crippen LogP contribution in [0, 0.1) is 6.92 Å². The van der Waals surface area contributed by atoms with E-state index in [1.807, 2.05) is 31.2 Å². The number of rotatable bonds is 9. The van der Waals surface area contributed by atoms with Crippen LogP contribution in [0.2, 0.25) is 0 Å². The van der Waals surface area contributed by atoms with Gasteiger partial charge in [-0.25, -0.2) is 14.8 Å². The Kier molecular flexibility index (Phi) is 9.12. The molecule has 1 aliphatic rings. The highest BCUT2D eigenvalue weighted by molar-refractivity contribution is 7.99. The number of carbonyl (C=O) groups excluding carboxylic acids is 2. The zero-order valence-electron chi connectivity index (χ0n) is 20.8. The molecule has 1 saturated heterocycles. The molecule has 192 valence electrons. The summed E-state index contributed by atoms with van der Waals surface area (Å²) in [6.07, 6.45) is 4.05. The highest BCUT2D eigenvalue weighted by Crippen LogP contribution is 2.30. The van der Waals surface area contributed by atoms with Gasteiger partial charge in [0, 0.05) is 59.0 Å². The molecule has 0 saturated carbocycles. The number of amides is 1. The summed E-state index contributed by atoms with van der Waals surface area (Å²) in [4.78, 5) is 35.7. The molecule has 3 aromatic rings. The van der Waals surface area contributed by atoms with Crippen molar-refractivity contribution in [1.29, 1.82) is 0 Å². The van der Waals surface area contributed by atoms with Gasteiger partial charge in [0.2, 0.25) is 11.9 Å². The SMILES string of the molecule is CCOC(=O)/C=C/C(=O)Nc1ccc(Sc2nc(Nc3ccc(N4CCOCC4)cc3)ncc2C)cc1. The molecule has 37 heavy (non-hydrogen) atoms. The van der Waals surface area contributed by atoms with Crippen LogP contribution in [0.25, 0.3) is 0 Å². The fourth-order valence-corrected chi connectivity index (χ4v) is 4.37. The fourth-order valence-electron chi connectivity index (χ4n) is 3.53. The standard InChI is InChI=1S/C27H29N5O4S/c1-3-36-25(34)13-12-24(33)29-20-6-10-23(11-7-20)37-26-19(2)18-28-27(31-26)30-21-4-8-22(9-5-21)32-14-16-35-17-15-32/h4-13,18H,3,14-17H2,1-2H3,(H,29,33)(H,28,30,31)/b13-12+. The van der Waals surface area contributed by atoms with Crippen LogP contribution < -0.4 is 15.5 Å². The lowest BCUT2D eigenvalue weighted by atomic mass is 10.2. The molecule has 0 spiro atoms. The summed E-state index contributed by atoms with van der Waals surface area (Å²) >= 11 is 1.51. The molecule has 9 nitrogen and oxygen atoms in total. The molecular weight excluding hydrogens is 490 g/mol. The summed E-state index contributed by atoms with van der Waals surface area (Å²) in [5.41, 5.74) is 3.66. The van der Waals surface area contributed by atoms with Gasteiger partial charge < -0.3 is 25.0 Å². The molecule has 1 aromatic heterocycles. The van der Waals surface area contributed by atoms with E-state index in [1.54, 1.807) is 25.3 Å². The molecule has 0 atom stereocenters. The Morgan fingerprint density at radius 2 is 1.76 bits per heavy atom. The Labute approximate surface area is 220 Å². The molecule has 2 aromatic carbocycles. The van der Waals surface area contributed by atoms with Gasteiger partial charge in [0.25, 0.3) is 0 Å². The molecule has 2 heterocycles. The van der Waals surface area contributed by atoms with Crippen LogP contribution in [0.3, 0.4) is 0 Å². The van der Waals surface area contributed by atoms with Gasteiger partial charge in [-0.15, -0.1) is 0 Å². The van der Waals surface area contributed by atoms with Gasteiger partial charge in [-0.3, -0.25) is 4.79 Å². The maximum Gasteiger partial charge on any atom is 0.330 e. The van der Waals surface area contributed by atoms with Crippen molar-refractivity contribution in [1.82, 2.24) is 9.97 Å². The lowest BCUT2D eigenvalue weighted by molar-refractivity contribution is -0.137. The van der Waals surface area contributed by atoms with E-state index in [0.717, 1.165) is 59.6 Å². The van der Waals surface area contributed by atoms with E-state index in [4.69, 9.17) is 14.5 Å². The molecule has 0 aliphatic carbocycles. The normalized spacial score (nSPS) is 13.4. The summed E-state index contributed by atoms with van der Waals surface area (Å²) < 4.78 is 10.2. The summed E-state index contributed by atoms with van der Waals surface area (Å²) in [6, 6.07) is 15.6. The smallest absolute Gasteiger partial charge is 0.330 e. The van der Waals surface area contributed by atoms with Gasteiger partial charge in [-0.05, 0) is 62.4 Å². The minimum atomic E-state index is -0.552. The van der Waals surface area contributed by atoms with Crippen LogP contribution in [0.4, 0.5) is 23.0 Å². The van der Waals surface area contributed by atoms with Gasteiger partial charge >= 0.3 is 5.97 Å². The highest BCUT2D eigenvalue weighted by Gasteiger charge is 2.12. The lowest BCUT2D eigenvalue weighted by Crippen LogP contribution is -2.36. The molecule has 0 unspecified atom stereocenters. The minimum Gasteiger partial charge on any atom is -0.463 e. The Morgan fingerprint density at radius 3 is 2.46 bits per heavy atom. The van der Waals surface area contributed by atoms with Crippen LogP contribution >= 0.6 is 11.8 Å². The van der Waals surface area contributed by atoms with Gasteiger partial charge in [-0.1, -0.05) is 11.8 Å². The average Bonchev–Trinajstić information content (AvgIpc) is 2.92. The zero-order chi connectivity index (χ0) is 26.0. The lowest BCUT2D eigenvalue weighted by Gasteiger charge is -2.28. The summed E-state index contributed by atoms with van der Waals surface area (Å²) in [6.45, 7) is 7.23. The zero-order valence-corrected chi connectivity index (χ0v) is 21.6. The topological polar surface area (TPSA) is 106 Å². The predicted molar refractivity (Wildman–Crippen MR) is 144 cm³/mol. The van der Waals surface area contributed by atoms with Crippen molar-refractivity contribution in [3.8, 4) is 0 Å². The summed E-state index contributed by atoms with van der Waals surface area (Å²) in [5.74, 6) is -0.443. The van der Waals surface area contributed by atoms with Crippen LogP contribution in [-0.2, 0) is 19.1 Å². The van der Waals surface area contributed by atoms with Crippen molar-refractivity contribution in [2.45, 2.75) is 23.8 Å². The predicted octanol–water partition coefficient (Wildman–Crippen LogP) is 4.57. The monoisotopic (exact) mass is 519 g/mol. The maximum absolute atomic E-state index is 12.0. The van der Waals surface area contributed by atoms with Gasteiger partial charge in [0.1, 0.15) is 5.03 Å². The van der Waals surface area contributed by atoms with E-state index in [0.29, 0.717) is 11.6 Å². The average molecular weight is 520 g/mol. The quantitative estimate of drug-likeness (QED) is 0.239.